The number of carboxylic acids is 2. The fraction of sp³-hybridized carbons (Fsp3) is 0.667. The van der Waals surface area contributed by atoms with Crippen molar-refractivity contribution in [2.45, 2.75) is 51.4 Å². The van der Waals surface area contributed by atoms with Gasteiger partial charge in [0.05, 0.1) is 12.1 Å². The number of aliphatic carboxylic acids is 2. The summed E-state index contributed by atoms with van der Waals surface area (Å²) in [5.41, 5.74) is 0. The van der Waals surface area contributed by atoms with Crippen LogP contribution in [0.5, 0.6) is 0 Å². The van der Waals surface area contributed by atoms with Crippen molar-refractivity contribution in [1.29, 1.82) is 10.5 Å². The number of nitriles is 2. The lowest BCUT2D eigenvalue weighted by atomic mass is 10.2. The summed E-state index contributed by atoms with van der Waals surface area (Å²) in [6.45, 7) is 0. The minimum Gasteiger partial charge on any atom is -0.481 e. The SMILES string of the molecule is N#CCCCCC(=O)O.N#CCCCCC(=O)O. The molecule has 0 aliphatic heterocycles. The summed E-state index contributed by atoms with van der Waals surface area (Å²) >= 11 is 0. The Morgan fingerprint density at radius 2 is 1.11 bits per heavy atom. The third-order valence-corrected chi connectivity index (χ3v) is 1.86. The second-order valence-electron chi connectivity index (χ2n) is 3.52. The Bertz CT molecular complexity index is 283. The number of nitrogens with zero attached hydrogens (tertiary/aromatic N) is 2. The van der Waals surface area contributed by atoms with Gasteiger partial charge in [-0.1, -0.05) is 0 Å². The van der Waals surface area contributed by atoms with Crippen molar-refractivity contribution in [3.8, 4) is 12.1 Å². The third-order valence-electron chi connectivity index (χ3n) is 1.86. The van der Waals surface area contributed by atoms with Crippen molar-refractivity contribution in [2.24, 2.45) is 0 Å². The van der Waals surface area contributed by atoms with Crippen LogP contribution in [0, 0.1) is 22.7 Å². The molecule has 0 aromatic heterocycles. The van der Waals surface area contributed by atoms with Gasteiger partial charge in [-0.3, -0.25) is 9.59 Å². The van der Waals surface area contributed by atoms with Crippen LogP contribution in [-0.2, 0) is 9.59 Å². The molecule has 0 rings (SSSR count). The van der Waals surface area contributed by atoms with Gasteiger partial charge in [0.2, 0.25) is 0 Å². The van der Waals surface area contributed by atoms with E-state index < -0.39 is 11.9 Å². The summed E-state index contributed by atoms with van der Waals surface area (Å²) in [6.07, 6.45) is 3.92. The molecule has 0 unspecified atom stereocenters. The molecule has 0 heterocycles. The van der Waals surface area contributed by atoms with Gasteiger partial charge >= 0.3 is 11.9 Å². The maximum atomic E-state index is 9.88. The first kappa shape index (κ1) is 18.3. The molecule has 0 radical (unpaired) electrons. The number of unbranched alkanes of at least 4 members (excludes halogenated alkanes) is 4. The van der Waals surface area contributed by atoms with Gasteiger partial charge in [-0.15, -0.1) is 0 Å². The summed E-state index contributed by atoms with van der Waals surface area (Å²) in [5.74, 6) is -1.57. The van der Waals surface area contributed by atoms with Crippen LogP contribution in [0.15, 0.2) is 0 Å². The van der Waals surface area contributed by atoms with E-state index in [1.165, 1.54) is 0 Å². The minimum atomic E-state index is -0.784. The van der Waals surface area contributed by atoms with Crippen molar-refractivity contribution in [2.75, 3.05) is 0 Å². The van der Waals surface area contributed by atoms with Gasteiger partial charge in [-0.25, -0.2) is 0 Å². The molecule has 0 bridgehead atoms. The highest BCUT2D eigenvalue weighted by Crippen LogP contribution is 1.98. The van der Waals surface area contributed by atoms with Crippen LogP contribution >= 0.6 is 0 Å². The number of carboxylic acid groups (broad SMARTS) is 2. The van der Waals surface area contributed by atoms with Crippen LogP contribution < -0.4 is 0 Å². The molecule has 0 saturated heterocycles. The average Bonchev–Trinajstić information content (AvgIpc) is 2.31. The van der Waals surface area contributed by atoms with Crippen molar-refractivity contribution >= 4 is 11.9 Å². The fourth-order valence-electron chi connectivity index (χ4n) is 0.961. The summed E-state index contributed by atoms with van der Waals surface area (Å²) in [4.78, 5) is 19.8. The molecule has 100 valence electrons. The van der Waals surface area contributed by atoms with E-state index in [0.717, 1.165) is 0 Å². The van der Waals surface area contributed by atoms with Crippen molar-refractivity contribution in [1.82, 2.24) is 0 Å². The molecule has 18 heavy (non-hydrogen) atoms. The Morgan fingerprint density at radius 1 is 0.778 bits per heavy atom. The first-order valence-electron chi connectivity index (χ1n) is 5.72. The topological polar surface area (TPSA) is 122 Å². The summed E-state index contributed by atoms with van der Waals surface area (Å²) in [5, 5.41) is 32.3. The summed E-state index contributed by atoms with van der Waals surface area (Å²) in [6, 6.07) is 3.90. The zero-order chi connectivity index (χ0) is 14.2. The van der Waals surface area contributed by atoms with E-state index in [4.69, 9.17) is 20.7 Å². The van der Waals surface area contributed by atoms with E-state index in [2.05, 4.69) is 0 Å². The maximum Gasteiger partial charge on any atom is 0.303 e. The van der Waals surface area contributed by atoms with Crippen molar-refractivity contribution < 1.29 is 19.8 Å². The molecule has 2 N–H and O–H groups in total. The molecule has 0 amide bonds. The van der Waals surface area contributed by atoms with Crippen molar-refractivity contribution in [3.05, 3.63) is 0 Å². The normalized spacial score (nSPS) is 8.33. The van der Waals surface area contributed by atoms with E-state index in [-0.39, 0.29) is 12.8 Å². The van der Waals surface area contributed by atoms with Gasteiger partial charge in [0.25, 0.3) is 0 Å². The molecule has 0 atom stereocenters. The molecular formula is C12H18N2O4. The van der Waals surface area contributed by atoms with Gasteiger partial charge in [-0.2, -0.15) is 10.5 Å². The highest BCUT2D eigenvalue weighted by atomic mass is 16.4. The Morgan fingerprint density at radius 3 is 1.33 bits per heavy atom. The molecule has 0 spiro atoms. The Labute approximate surface area is 106 Å². The van der Waals surface area contributed by atoms with Gasteiger partial charge in [-0.05, 0) is 25.7 Å². The molecule has 0 aromatic carbocycles. The monoisotopic (exact) mass is 254 g/mol. The second-order valence-corrected chi connectivity index (χ2v) is 3.52. The standard InChI is InChI=1S/2C6H9NO2/c2*7-5-3-1-2-4-6(8)9/h2*1-4H2,(H,8,9). The number of hydrogen-bond donors (Lipinski definition) is 2. The molecule has 0 aromatic rings. The Kier molecular flexibility index (Phi) is 15.2. The van der Waals surface area contributed by atoms with Gasteiger partial charge in [0.1, 0.15) is 0 Å². The molecular weight excluding hydrogens is 236 g/mol. The van der Waals surface area contributed by atoms with Crippen LogP contribution in [0.1, 0.15) is 51.4 Å². The quantitative estimate of drug-likeness (QED) is 0.641. The lowest BCUT2D eigenvalue weighted by molar-refractivity contribution is -0.138. The molecule has 0 aliphatic rings. The molecule has 0 aliphatic carbocycles. The van der Waals surface area contributed by atoms with Crippen LogP contribution in [0.25, 0.3) is 0 Å². The first-order valence-corrected chi connectivity index (χ1v) is 5.72. The Balaban J connectivity index is 0. The highest BCUT2D eigenvalue weighted by molar-refractivity contribution is 5.66. The van der Waals surface area contributed by atoms with Gasteiger partial charge < -0.3 is 10.2 Å². The predicted molar refractivity (Wildman–Crippen MR) is 63.4 cm³/mol. The summed E-state index contributed by atoms with van der Waals surface area (Å²) in [7, 11) is 0. The van der Waals surface area contributed by atoms with Crippen LogP contribution in [0.3, 0.4) is 0 Å². The van der Waals surface area contributed by atoms with E-state index in [1.807, 2.05) is 12.1 Å². The number of hydrogen-bond acceptors (Lipinski definition) is 4. The van der Waals surface area contributed by atoms with E-state index in [1.54, 1.807) is 0 Å². The van der Waals surface area contributed by atoms with E-state index in [9.17, 15) is 9.59 Å². The van der Waals surface area contributed by atoms with Gasteiger partial charge in [0.15, 0.2) is 0 Å². The smallest absolute Gasteiger partial charge is 0.303 e. The number of rotatable bonds is 8. The van der Waals surface area contributed by atoms with Crippen LogP contribution in [0.4, 0.5) is 0 Å². The molecule has 6 nitrogen and oxygen atoms in total. The fourth-order valence-corrected chi connectivity index (χ4v) is 0.961. The summed E-state index contributed by atoms with van der Waals surface area (Å²) < 4.78 is 0. The molecule has 6 heteroatoms. The van der Waals surface area contributed by atoms with Crippen molar-refractivity contribution in [3.63, 3.8) is 0 Å². The lowest BCUT2D eigenvalue weighted by Crippen LogP contribution is -1.92. The van der Waals surface area contributed by atoms with Crippen LogP contribution in [-0.4, -0.2) is 22.2 Å². The third kappa shape index (κ3) is 23.6. The average molecular weight is 254 g/mol. The zero-order valence-electron chi connectivity index (χ0n) is 10.3. The van der Waals surface area contributed by atoms with E-state index in [0.29, 0.717) is 38.5 Å². The molecule has 0 saturated carbocycles. The maximum absolute atomic E-state index is 9.88. The second kappa shape index (κ2) is 14.9. The minimum absolute atomic E-state index is 0.182. The predicted octanol–water partition coefficient (Wildman–Crippen LogP) is 2.31. The zero-order valence-corrected chi connectivity index (χ0v) is 10.3. The largest absolute Gasteiger partial charge is 0.481 e. The lowest BCUT2D eigenvalue weighted by Gasteiger charge is -1.88. The first-order chi connectivity index (χ1) is 8.54. The Hall–Kier alpha value is -2.08. The van der Waals surface area contributed by atoms with E-state index >= 15 is 0 Å². The molecule has 0 fully saturated rings. The van der Waals surface area contributed by atoms with Crippen LogP contribution in [0.2, 0.25) is 0 Å². The number of carbonyl (C=O) groups is 2. The van der Waals surface area contributed by atoms with Gasteiger partial charge in [0, 0.05) is 25.7 Å². The highest BCUT2D eigenvalue weighted by Gasteiger charge is 1.94.